The van der Waals surface area contributed by atoms with Crippen molar-refractivity contribution >= 4 is 10.9 Å². The van der Waals surface area contributed by atoms with Crippen LogP contribution in [0.2, 0.25) is 0 Å². The van der Waals surface area contributed by atoms with Crippen LogP contribution in [0, 0.1) is 6.92 Å². The molecule has 0 saturated heterocycles. The minimum atomic E-state index is -0.433. The molecule has 1 atom stereocenters. The van der Waals surface area contributed by atoms with Crippen molar-refractivity contribution in [3.05, 3.63) is 29.0 Å². The molecule has 0 radical (unpaired) electrons. The molecule has 2 aromatic rings. The quantitative estimate of drug-likeness (QED) is 0.788. The summed E-state index contributed by atoms with van der Waals surface area (Å²) in [6, 6.07) is 3.91. The van der Waals surface area contributed by atoms with E-state index >= 15 is 0 Å². The van der Waals surface area contributed by atoms with Crippen LogP contribution in [-0.4, -0.2) is 16.9 Å². The van der Waals surface area contributed by atoms with Crippen LogP contribution in [0.3, 0.4) is 0 Å². The molecule has 0 amide bonds. The highest BCUT2D eigenvalue weighted by Gasteiger charge is 2.24. The summed E-state index contributed by atoms with van der Waals surface area (Å²) >= 11 is 0. The molecule has 1 aliphatic heterocycles. The van der Waals surface area contributed by atoms with Crippen LogP contribution in [0.15, 0.2) is 12.1 Å². The molecule has 0 spiro atoms. The molecular weight excluding hydrogens is 242 g/mol. The Morgan fingerprint density at radius 2 is 2.05 bits per heavy atom. The first-order chi connectivity index (χ1) is 9.24. The van der Waals surface area contributed by atoms with Gasteiger partial charge in [0.1, 0.15) is 0 Å². The van der Waals surface area contributed by atoms with Crippen LogP contribution in [0.25, 0.3) is 10.9 Å². The summed E-state index contributed by atoms with van der Waals surface area (Å²) < 4.78 is 10.8. The van der Waals surface area contributed by atoms with Crippen molar-refractivity contribution in [2.24, 2.45) is 0 Å². The van der Waals surface area contributed by atoms with Gasteiger partial charge < -0.3 is 14.6 Å². The number of aliphatic hydroxyl groups excluding tert-OH is 1. The van der Waals surface area contributed by atoms with Crippen LogP contribution in [0.1, 0.15) is 35.8 Å². The van der Waals surface area contributed by atoms with Gasteiger partial charge in [0.15, 0.2) is 11.5 Å². The first-order valence-electron chi connectivity index (χ1n) is 6.65. The number of aryl methyl sites for hydroxylation is 1. The van der Waals surface area contributed by atoms with Crippen LogP contribution < -0.4 is 9.47 Å². The molecular formula is C15H15NO3. The minimum absolute atomic E-state index is 0.271. The van der Waals surface area contributed by atoms with Gasteiger partial charge in [0.05, 0.1) is 17.3 Å². The maximum absolute atomic E-state index is 10.1. The standard InChI is InChI=1S/C15H15NO3/c1-8-9-3-2-4-12(17)15(9)16-11-6-14-13(5-10(8)11)18-7-19-14/h5-6,12,17H,2-4,7H2,1H3. The first-order valence-corrected chi connectivity index (χ1v) is 6.65. The van der Waals surface area contributed by atoms with Crippen molar-refractivity contribution in [2.75, 3.05) is 6.79 Å². The van der Waals surface area contributed by atoms with E-state index in [1.807, 2.05) is 12.1 Å². The molecule has 98 valence electrons. The zero-order chi connectivity index (χ0) is 13.0. The zero-order valence-corrected chi connectivity index (χ0v) is 10.8. The Labute approximate surface area is 111 Å². The van der Waals surface area contributed by atoms with Gasteiger partial charge in [0, 0.05) is 11.5 Å². The van der Waals surface area contributed by atoms with Crippen LogP contribution >= 0.6 is 0 Å². The van der Waals surface area contributed by atoms with E-state index in [1.165, 1.54) is 11.1 Å². The van der Waals surface area contributed by atoms with Gasteiger partial charge in [-0.3, -0.25) is 0 Å². The van der Waals surface area contributed by atoms with E-state index < -0.39 is 6.10 Å². The number of pyridine rings is 1. The number of rotatable bonds is 0. The second kappa shape index (κ2) is 3.84. The van der Waals surface area contributed by atoms with Gasteiger partial charge in [-0.1, -0.05) is 0 Å². The maximum Gasteiger partial charge on any atom is 0.231 e. The van der Waals surface area contributed by atoms with Gasteiger partial charge >= 0.3 is 0 Å². The zero-order valence-electron chi connectivity index (χ0n) is 10.8. The predicted octanol–water partition coefficient (Wildman–Crippen LogP) is 2.64. The number of aliphatic hydroxyl groups is 1. The Balaban J connectivity index is 2.03. The predicted molar refractivity (Wildman–Crippen MR) is 70.5 cm³/mol. The van der Waals surface area contributed by atoms with Gasteiger partial charge in [-0.15, -0.1) is 0 Å². The second-order valence-corrected chi connectivity index (χ2v) is 5.23. The third-order valence-corrected chi connectivity index (χ3v) is 4.12. The Morgan fingerprint density at radius 3 is 2.89 bits per heavy atom. The lowest BCUT2D eigenvalue weighted by Crippen LogP contribution is -2.13. The number of ether oxygens (including phenoxy) is 2. The molecule has 2 heterocycles. The van der Waals surface area contributed by atoms with Crippen molar-refractivity contribution in [3.63, 3.8) is 0 Å². The first kappa shape index (κ1) is 11.1. The van der Waals surface area contributed by atoms with E-state index in [9.17, 15) is 5.11 Å². The van der Waals surface area contributed by atoms with Crippen LogP contribution in [0.5, 0.6) is 11.5 Å². The molecule has 2 aliphatic rings. The monoisotopic (exact) mass is 257 g/mol. The third-order valence-electron chi connectivity index (χ3n) is 4.12. The molecule has 19 heavy (non-hydrogen) atoms. The van der Waals surface area contributed by atoms with Crippen LogP contribution in [-0.2, 0) is 6.42 Å². The molecule has 4 nitrogen and oxygen atoms in total. The summed E-state index contributed by atoms with van der Waals surface area (Å²) in [5.74, 6) is 1.53. The summed E-state index contributed by atoms with van der Waals surface area (Å²) in [4.78, 5) is 4.65. The maximum atomic E-state index is 10.1. The average Bonchev–Trinajstić information content (AvgIpc) is 2.86. The second-order valence-electron chi connectivity index (χ2n) is 5.23. The number of hydrogen-bond donors (Lipinski definition) is 1. The Morgan fingerprint density at radius 1 is 1.26 bits per heavy atom. The lowest BCUT2D eigenvalue weighted by atomic mass is 9.89. The fraction of sp³-hybridized carbons (Fsp3) is 0.400. The summed E-state index contributed by atoms with van der Waals surface area (Å²) in [5, 5.41) is 11.2. The Bertz CT molecular complexity index is 681. The normalized spacial score (nSPS) is 20.6. The van der Waals surface area contributed by atoms with Gasteiger partial charge in [0.2, 0.25) is 6.79 Å². The lowest BCUT2D eigenvalue weighted by Gasteiger charge is -2.23. The summed E-state index contributed by atoms with van der Waals surface area (Å²) in [6.45, 7) is 2.37. The van der Waals surface area contributed by atoms with Gasteiger partial charge in [0.25, 0.3) is 0 Å². The highest BCUT2D eigenvalue weighted by molar-refractivity contribution is 5.87. The summed E-state index contributed by atoms with van der Waals surface area (Å²) in [6.07, 6.45) is 2.38. The molecule has 0 fully saturated rings. The SMILES string of the molecule is Cc1c2c(nc3cc4c(cc13)OCO4)C(O)CCC2. The van der Waals surface area contributed by atoms with Gasteiger partial charge in [-0.2, -0.15) is 0 Å². The van der Waals surface area contributed by atoms with Gasteiger partial charge in [-0.05, 0) is 43.4 Å². The third kappa shape index (κ3) is 1.53. The molecule has 0 saturated carbocycles. The van der Waals surface area contributed by atoms with Crippen molar-refractivity contribution in [2.45, 2.75) is 32.3 Å². The van der Waals surface area contributed by atoms with Crippen molar-refractivity contribution in [3.8, 4) is 11.5 Å². The van der Waals surface area contributed by atoms with E-state index in [-0.39, 0.29) is 6.79 Å². The van der Waals surface area contributed by atoms with Crippen molar-refractivity contribution in [1.82, 2.24) is 4.98 Å². The summed E-state index contributed by atoms with van der Waals surface area (Å²) in [5.41, 5.74) is 4.12. The largest absolute Gasteiger partial charge is 0.454 e. The fourth-order valence-corrected chi connectivity index (χ4v) is 3.08. The van der Waals surface area contributed by atoms with Crippen molar-refractivity contribution < 1.29 is 14.6 Å². The highest BCUT2D eigenvalue weighted by atomic mass is 16.7. The van der Waals surface area contributed by atoms with Crippen LogP contribution in [0.4, 0.5) is 0 Å². The number of benzene rings is 1. The summed E-state index contributed by atoms with van der Waals surface area (Å²) in [7, 11) is 0. The highest BCUT2D eigenvalue weighted by Crippen LogP contribution is 2.39. The molecule has 1 aromatic heterocycles. The molecule has 1 unspecified atom stereocenters. The number of aromatic nitrogens is 1. The van der Waals surface area contributed by atoms with Crippen molar-refractivity contribution in [1.29, 1.82) is 0 Å². The smallest absolute Gasteiger partial charge is 0.231 e. The van der Waals surface area contributed by atoms with E-state index in [1.54, 1.807) is 0 Å². The average molecular weight is 257 g/mol. The Kier molecular flexibility index (Phi) is 2.23. The number of nitrogens with zero attached hydrogens (tertiary/aromatic N) is 1. The number of fused-ring (bicyclic) bond motifs is 3. The molecule has 1 aromatic carbocycles. The van der Waals surface area contributed by atoms with E-state index in [4.69, 9.17) is 9.47 Å². The van der Waals surface area contributed by atoms with E-state index in [2.05, 4.69) is 11.9 Å². The minimum Gasteiger partial charge on any atom is -0.454 e. The van der Waals surface area contributed by atoms with E-state index in [0.29, 0.717) is 0 Å². The number of hydrogen-bond acceptors (Lipinski definition) is 4. The Hall–Kier alpha value is -1.81. The fourth-order valence-electron chi connectivity index (χ4n) is 3.08. The molecule has 4 rings (SSSR count). The molecule has 1 aliphatic carbocycles. The van der Waals surface area contributed by atoms with E-state index in [0.717, 1.165) is 47.4 Å². The molecule has 1 N–H and O–H groups in total. The lowest BCUT2D eigenvalue weighted by molar-refractivity contribution is 0.152. The van der Waals surface area contributed by atoms with Gasteiger partial charge in [-0.25, -0.2) is 4.98 Å². The topological polar surface area (TPSA) is 51.6 Å². The molecule has 4 heteroatoms. The molecule has 0 bridgehead atoms.